The summed E-state index contributed by atoms with van der Waals surface area (Å²) in [4.78, 5) is 3.87. The van der Waals surface area contributed by atoms with E-state index in [9.17, 15) is 21.6 Å². The van der Waals surface area contributed by atoms with Crippen LogP contribution in [0.25, 0.3) is 11.3 Å². The third-order valence-corrected chi connectivity index (χ3v) is 4.91. The first-order chi connectivity index (χ1) is 12.1. The van der Waals surface area contributed by atoms with Crippen LogP contribution in [0.2, 0.25) is 0 Å². The second-order valence-electron chi connectivity index (χ2n) is 5.45. The lowest BCUT2D eigenvalue weighted by atomic mass is 10.2. The summed E-state index contributed by atoms with van der Waals surface area (Å²) in [5.41, 5.74) is -0.480. The molecule has 1 heterocycles. The highest BCUT2D eigenvalue weighted by atomic mass is 32.2. The van der Waals surface area contributed by atoms with E-state index >= 15 is 0 Å². The number of benzene rings is 2. The Hall–Kier alpha value is -2.81. The Balaban J connectivity index is 1.84. The summed E-state index contributed by atoms with van der Waals surface area (Å²) in [7, 11) is -4.03. The molecule has 0 bridgehead atoms. The summed E-state index contributed by atoms with van der Waals surface area (Å²) in [6.07, 6.45) is -3.04. The van der Waals surface area contributed by atoms with E-state index in [4.69, 9.17) is 4.42 Å². The quantitative estimate of drug-likeness (QED) is 0.723. The van der Waals surface area contributed by atoms with Crippen molar-refractivity contribution in [2.75, 3.05) is 4.72 Å². The zero-order chi connectivity index (χ0) is 18.9. The molecule has 0 radical (unpaired) electrons. The van der Waals surface area contributed by atoms with Crippen LogP contribution in [-0.2, 0) is 16.2 Å². The fourth-order valence-corrected chi connectivity index (χ4v) is 3.32. The first kappa shape index (κ1) is 18.0. The number of halogens is 3. The van der Waals surface area contributed by atoms with Crippen molar-refractivity contribution in [2.45, 2.75) is 18.0 Å². The molecule has 2 aromatic carbocycles. The SMILES string of the molecule is Cc1ncc(-c2ccc(S(=O)(=O)Nc3cccc(C(F)(F)F)c3)cc2)o1. The van der Waals surface area contributed by atoms with Gasteiger partial charge in [-0.25, -0.2) is 13.4 Å². The molecule has 26 heavy (non-hydrogen) atoms. The van der Waals surface area contributed by atoms with Gasteiger partial charge in [-0.05, 0) is 42.5 Å². The van der Waals surface area contributed by atoms with E-state index in [1.54, 1.807) is 6.92 Å². The van der Waals surface area contributed by atoms with E-state index in [0.29, 0.717) is 17.2 Å². The van der Waals surface area contributed by atoms with Crippen LogP contribution < -0.4 is 4.72 Å². The Kier molecular flexibility index (Phi) is 4.49. The van der Waals surface area contributed by atoms with Gasteiger partial charge >= 0.3 is 6.18 Å². The Labute approximate surface area is 147 Å². The van der Waals surface area contributed by atoms with Gasteiger partial charge < -0.3 is 4.42 Å². The summed E-state index contributed by atoms with van der Waals surface area (Å²) in [5, 5.41) is 0. The van der Waals surface area contributed by atoms with Crippen molar-refractivity contribution in [2.24, 2.45) is 0 Å². The molecular formula is C17H13F3N2O3S. The maximum absolute atomic E-state index is 12.7. The van der Waals surface area contributed by atoms with Gasteiger partial charge in [0.1, 0.15) is 0 Å². The van der Waals surface area contributed by atoms with Crippen molar-refractivity contribution in [1.29, 1.82) is 0 Å². The van der Waals surface area contributed by atoms with Crippen molar-refractivity contribution in [3.8, 4) is 11.3 Å². The molecule has 0 saturated heterocycles. The molecule has 0 aliphatic rings. The highest BCUT2D eigenvalue weighted by Gasteiger charge is 2.30. The molecule has 1 aromatic heterocycles. The van der Waals surface area contributed by atoms with Gasteiger partial charge in [-0.15, -0.1) is 0 Å². The fourth-order valence-electron chi connectivity index (χ4n) is 2.27. The number of nitrogens with one attached hydrogen (secondary N) is 1. The number of sulfonamides is 1. The molecule has 0 unspecified atom stereocenters. The molecular weight excluding hydrogens is 369 g/mol. The molecule has 0 spiro atoms. The third kappa shape index (κ3) is 3.88. The van der Waals surface area contributed by atoms with Gasteiger partial charge in [0.15, 0.2) is 11.7 Å². The first-order valence-electron chi connectivity index (χ1n) is 7.38. The van der Waals surface area contributed by atoms with E-state index in [1.807, 2.05) is 0 Å². The van der Waals surface area contributed by atoms with E-state index in [2.05, 4.69) is 9.71 Å². The first-order valence-corrected chi connectivity index (χ1v) is 8.86. The highest BCUT2D eigenvalue weighted by Crippen LogP contribution is 2.31. The number of hydrogen-bond acceptors (Lipinski definition) is 4. The van der Waals surface area contributed by atoms with Gasteiger partial charge in [0.05, 0.1) is 16.7 Å². The molecule has 0 atom stereocenters. The predicted octanol–water partition coefficient (Wildman–Crippen LogP) is 4.47. The minimum atomic E-state index is -4.56. The van der Waals surface area contributed by atoms with Crippen molar-refractivity contribution in [3.63, 3.8) is 0 Å². The Morgan fingerprint density at radius 1 is 1.08 bits per heavy atom. The lowest BCUT2D eigenvalue weighted by molar-refractivity contribution is -0.137. The second-order valence-corrected chi connectivity index (χ2v) is 7.13. The average Bonchev–Trinajstić information content (AvgIpc) is 3.00. The molecule has 9 heteroatoms. The number of anilines is 1. The Bertz CT molecular complexity index is 1030. The van der Waals surface area contributed by atoms with Crippen LogP contribution in [0, 0.1) is 6.92 Å². The number of hydrogen-bond donors (Lipinski definition) is 1. The minimum absolute atomic E-state index is 0.0881. The van der Waals surface area contributed by atoms with Crippen molar-refractivity contribution < 1.29 is 26.0 Å². The maximum Gasteiger partial charge on any atom is 0.416 e. The molecule has 0 saturated carbocycles. The smallest absolute Gasteiger partial charge is 0.416 e. The number of aromatic nitrogens is 1. The van der Waals surface area contributed by atoms with Crippen LogP contribution in [-0.4, -0.2) is 13.4 Å². The molecule has 3 rings (SSSR count). The monoisotopic (exact) mass is 382 g/mol. The number of rotatable bonds is 4. The number of aryl methyl sites for hydroxylation is 1. The van der Waals surface area contributed by atoms with E-state index in [1.165, 1.54) is 36.5 Å². The standard InChI is InChI=1S/C17H13F3N2O3S/c1-11-21-10-16(25-11)12-5-7-15(8-6-12)26(23,24)22-14-4-2-3-13(9-14)17(18,19)20/h2-10,22H,1H3. The average molecular weight is 382 g/mol. The predicted molar refractivity (Wildman–Crippen MR) is 88.9 cm³/mol. The Morgan fingerprint density at radius 3 is 2.35 bits per heavy atom. The van der Waals surface area contributed by atoms with Crippen LogP contribution in [0.15, 0.2) is 64.0 Å². The summed E-state index contributed by atoms with van der Waals surface area (Å²) >= 11 is 0. The molecule has 0 aliphatic carbocycles. The van der Waals surface area contributed by atoms with Crippen LogP contribution in [0.1, 0.15) is 11.5 Å². The van der Waals surface area contributed by atoms with Gasteiger partial charge in [-0.3, -0.25) is 4.72 Å². The third-order valence-electron chi connectivity index (χ3n) is 3.51. The van der Waals surface area contributed by atoms with Gasteiger partial charge in [0, 0.05) is 18.2 Å². The minimum Gasteiger partial charge on any atom is -0.441 e. The summed E-state index contributed by atoms with van der Waals surface area (Å²) in [6, 6.07) is 9.72. The molecule has 3 aromatic rings. The lowest BCUT2D eigenvalue weighted by Gasteiger charge is -2.11. The van der Waals surface area contributed by atoms with Crippen molar-refractivity contribution >= 4 is 15.7 Å². The normalized spacial score (nSPS) is 12.2. The van der Waals surface area contributed by atoms with Crippen LogP contribution >= 0.6 is 0 Å². The fraction of sp³-hybridized carbons (Fsp3) is 0.118. The Morgan fingerprint density at radius 2 is 1.77 bits per heavy atom. The molecule has 5 nitrogen and oxygen atoms in total. The highest BCUT2D eigenvalue weighted by molar-refractivity contribution is 7.92. The van der Waals surface area contributed by atoms with Crippen LogP contribution in [0.5, 0.6) is 0 Å². The number of oxazole rings is 1. The summed E-state index contributed by atoms with van der Waals surface area (Å²) in [6.45, 7) is 1.68. The molecule has 1 N–H and O–H groups in total. The van der Waals surface area contributed by atoms with Crippen molar-refractivity contribution in [3.05, 3.63) is 66.2 Å². The lowest BCUT2D eigenvalue weighted by Crippen LogP contribution is -2.14. The zero-order valence-corrected chi connectivity index (χ0v) is 14.2. The van der Waals surface area contributed by atoms with Gasteiger partial charge in [-0.2, -0.15) is 13.2 Å². The van der Waals surface area contributed by atoms with E-state index in [0.717, 1.165) is 18.2 Å². The van der Waals surface area contributed by atoms with Crippen LogP contribution in [0.3, 0.4) is 0 Å². The summed E-state index contributed by atoms with van der Waals surface area (Å²) in [5.74, 6) is 0.959. The van der Waals surface area contributed by atoms with Crippen molar-refractivity contribution in [1.82, 2.24) is 4.98 Å². The maximum atomic E-state index is 12.7. The van der Waals surface area contributed by atoms with Gasteiger partial charge in [-0.1, -0.05) is 6.07 Å². The molecule has 0 amide bonds. The molecule has 0 fully saturated rings. The zero-order valence-electron chi connectivity index (χ0n) is 13.4. The topological polar surface area (TPSA) is 72.2 Å². The largest absolute Gasteiger partial charge is 0.441 e. The van der Waals surface area contributed by atoms with Crippen LogP contribution in [0.4, 0.5) is 18.9 Å². The summed E-state index contributed by atoms with van der Waals surface area (Å²) < 4.78 is 70.5. The van der Waals surface area contributed by atoms with Gasteiger partial charge in [0.2, 0.25) is 0 Å². The van der Waals surface area contributed by atoms with E-state index in [-0.39, 0.29) is 10.6 Å². The number of alkyl halides is 3. The molecule has 136 valence electrons. The molecule has 0 aliphatic heterocycles. The van der Waals surface area contributed by atoms with Gasteiger partial charge in [0.25, 0.3) is 10.0 Å². The van der Waals surface area contributed by atoms with E-state index < -0.39 is 21.8 Å². The second kappa shape index (κ2) is 6.49. The number of nitrogens with zero attached hydrogens (tertiary/aromatic N) is 1.